The number of phenols is 1. The van der Waals surface area contributed by atoms with E-state index < -0.39 is 24.0 Å². The number of ether oxygens (including phenoxy) is 1. The molecule has 1 spiro atoms. The number of para-hydroxylation sites is 1. The fourth-order valence-electron chi connectivity index (χ4n) is 13.1. The third-order valence-electron chi connectivity index (χ3n) is 17.1. The molecule has 2 saturated carbocycles. The average molecular weight is 1030 g/mol. The van der Waals surface area contributed by atoms with Gasteiger partial charge in [0, 0.05) is 73.8 Å². The van der Waals surface area contributed by atoms with Crippen LogP contribution in [-0.4, -0.2) is 126 Å². The summed E-state index contributed by atoms with van der Waals surface area (Å²) in [7, 11) is 0. The summed E-state index contributed by atoms with van der Waals surface area (Å²) in [5, 5.41) is 33.9. The zero-order chi connectivity index (χ0) is 52.2. The van der Waals surface area contributed by atoms with Gasteiger partial charge in [-0.2, -0.15) is 5.48 Å². The topological polar surface area (TPSA) is 222 Å². The molecule has 5 atom stereocenters. The van der Waals surface area contributed by atoms with E-state index in [4.69, 9.17) is 29.8 Å². The molecule has 0 radical (unpaired) electrons. The van der Waals surface area contributed by atoms with Crippen molar-refractivity contribution in [2.45, 2.75) is 120 Å². The van der Waals surface area contributed by atoms with Crippen LogP contribution in [0.25, 0.3) is 22.4 Å². The maximum Gasteiger partial charge on any atom is 0.275 e. The third kappa shape index (κ3) is 9.63. The van der Waals surface area contributed by atoms with Gasteiger partial charge in [0.15, 0.2) is 17.3 Å². The number of hydrogen-bond acceptors (Lipinski definition) is 16. The molecule has 76 heavy (non-hydrogen) atoms. The van der Waals surface area contributed by atoms with E-state index in [2.05, 4.69) is 47.9 Å². The number of piperidine rings is 1. The van der Waals surface area contributed by atoms with Gasteiger partial charge < -0.3 is 49.6 Å². The molecule has 4 aliphatic heterocycles. The lowest BCUT2D eigenvalue weighted by atomic mass is 9.52. The van der Waals surface area contributed by atoms with Gasteiger partial charge in [-0.1, -0.05) is 56.3 Å². The molecule has 3 aromatic carbocycles. The maximum absolute atomic E-state index is 14.3. The minimum Gasteiger partial charge on any atom is -0.507 e. The Hall–Kier alpha value is -7.38. The number of hydroxylamine groups is 1. The van der Waals surface area contributed by atoms with Gasteiger partial charge in [0.2, 0.25) is 11.9 Å². The molecule has 7 heterocycles. The Morgan fingerprint density at radius 3 is 2.25 bits per heavy atom. The normalized spacial score (nSPS) is 25.8. The van der Waals surface area contributed by atoms with Crippen LogP contribution in [0.4, 0.5) is 21.8 Å². The van der Waals surface area contributed by atoms with E-state index in [1.807, 2.05) is 32.0 Å². The number of aliphatic hydroxyl groups excluding tert-OH is 1. The number of halogens is 1. The summed E-state index contributed by atoms with van der Waals surface area (Å²) in [6, 6.07) is 23.9. The molecule has 6 aromatic rings. The smallest absolute Gasteiger partial charge is 0.275 e. The molecule has 19 heteroatoms. The number of phenolic OH excluding ortho intramolecular Hbond substituents is 1. The molecule has 396 valence electrons. The Balaban J connectivity index is 0.589. The number of nitrogens with one attached hydrogen (secondary N) is 1. The van der Waals surface area contributed by atoms with E-state index in [0.29, 0.717) is 57.6 Å². The van der Waals surface area contributed by atoms with Crippen molar-refractivity contribution in [2.75, 3.05) is 48.3 Å². The Labute approximate surface area is 440 Å². The standard InChI is InChI=1S/C57H64FN11O7/c1-33(2)52(55(73)68-32-40(70)21-48(68)54(72)65-75-41-15-11-35(12-16-41)43-7-3-5-9-45(43)58)50-23-51(64-76-50)74-42-26-57(27-42)24-39(25-57)66-19-17-34(18-20-66)36-28-60-56(61-29-36)69-37-13-14-38(69)31-67(30-37)47-22-46(62-63-53(47)59)44-8-4-6-10-49(44)71/h3-12,15-16,22-23,28-29,33-34,37-40,42,48,52,70-71H,13-14,17-21,24-27,30-32H2,1-2H3,(H2,59,63)(H,65,72)/t37?,38?,39-,40-,42-,48+,52-,57?/m1/s1. The zero-order valence-corrected chi connectivity index (χ0v) is 42.7. The van der Waals surface area contributed by atoms with Crippen molar-refractivity contribution in [3.63, 3.8) is 0 Å². The summed E-state index contributed by atoms with van der Waals surface area (Å²) in [6.45, 7) is 7.45. The van der Waals surface area contributed by atoms with E-state index in [1.165, 1.54) is 16.5 Å². The molecule has 6 aliphatic rings. The number of carbonyl (C=O) groups excluding carboxylic acids is 2. The zero-order valence-electron chi connectivity index (χ0n) is 42.7. The molecule has 2 aliphatic carbocycles. The summed E-state index contributed by atoms with van der Waals surface area (Å²) in [4.78, 5) is 51.9. The highest BCUT2D eigenvalue weighted by Crippen LogP contribution is 2.58. The second kappa shape index (κ2) is 20.3. The molecule has 2 amide bonds. The quantitative estimate of drug-likeness (QED) is 0.0789. The Bertz CT molecular complexity index is 3050. The maximum atomic E-state index is 14.3. The molecule has 4 saturated heterocycles. The van der Waals surface area contributed by atoms with Crippen molar-refractivity contribution in [1.82, 2.24) is 40.6 Å². The van der Waals surface area contributed by atoms with Gasteiger partial charge in [-0.05, 0) is 134 Å². The largest absolute Gasteiger partial charge is 0.507 e. The molecule has 2 unspecified atom stereocenters. The Morgan fingerprint density at radius 1 is 0.855 bits per heavy atom. The fraction of sp³-hybridized carbons (Fsp3) is 0.456. The molecule has 18 nitrogen and oxygen atoms in total. The number of amides is 2. The van der Waals surface area contributed by atoms with Crippen molar-refractivity contribution >= 4 is 29.3 Å². The Morgan fingerprint density at radius 2 is 1.55 bits per heavy atom. The van der Waals surface area contributed by atoms with Gasteiger partial charge in [0.1, 0.15) is 29.6 Å². The first-order valence-corrected chi connectivity index (χ1v) is 26.8. The fourth-order valence-corrected chi connectivity index (χ4v) is 13.1. The van der Waals surface area contributed by atoms with Crippen LogP contribution in [0.1, 0.15) is 94.8 Å². The van der Waals surface area contributed by atoms with E-state index in [1.54, 1.807) is 60.7 Å². The van der Waals surface area contributed by atoms with Crippen molar-refractivity contribution in [3.05, 3.63) is 114 Å². The van der Waals surface area contributed by atoms with E-state index in [-0.39, 0.29) is 60.0 Å². The van der Waals surface area contributed by atoms with E-state index >= 15 is 0 Å². The first kappa shape index (κ1) is 49.5. The number of nitrogen functional groups attached to an aromatic ring is 1. The van der Waals surface area contributed by atoms with Crippen LogP contribution in [0.5, 0.6) is 17.4 Å². The summed E-state index contributed by atoms with van der Waals surface area (Å²) in [5.74, 6) is 0.524. The number of aliphatic hydroxyl groups is 1. The first-order chi connectivity index (χ1) is 36.8. The number of aromatic nitrogens is 5. The highest BCUT2D eigenvalue weighted by Gasteiger charge is 2.56. The molecule has 12 rings (SSSR count). The number of piperazine rings is 1. The number of aromatic hydroxyl groups is 1. The van der Waals surface area contributed by atoms with Crippen LogP contribution >= 0.6 is 0 Å². The molecule has 2 bridgehead atoms. The van der Waals surface area contributed by atoms with Crippen molar-refractivity contribution in [1.29, 1.82) is 0 Å². The van der Waals surface area contributed by atoms with Gasteiger partial charge in [0.25, 0.3) is 11.8 Å². The molecular formula is C57H64FN11O7. The third-order valence-corrected chi connectivity index (χ3v) is 17.1. The van der Waals surface area contributed by atoms with Crippen molar-refractivity contribution in [3.8, 4) is 39.8 Å². The summed E-state index contributed by atoms with van der Waals surface area (Å²) in [5.41, 5.74) is 13.5. The minimum absolute atomic E-state index is 0.0132. The lowest BCUT2D eigenvalue weighted by Gasteiger charge is -2.60. The number of β-amino-alcohol motifs (C(OH)–C–C–N with tert-alkyl or cyclic N) is 1. The van der Waals surface area contributed by atoms with Gasteiger partial charge in [-0.15, -0.1) is 10.2 Å². The number of likely N-dealkylation sites (tertiary alicyclic amines) is 2. The number of fused-ring (bicyclic) bond motifs is 2. The highest BCUT2D eigenvalue weighted by molar-refractivity contribution is 5.91. The SMILES string of the molecule is CC(C)[C@@H](C(=O)N1C[C@H](O)C[C@H]1C(=O)NOc1ccc(-c2ccccc2F)cc1)c1cc(O[C@H]2CC3(C2)C[C@H](N2CCC(c4cnc(N5C6CCC5CN(c5cc(-c7ccccc7O)nnc5N)C6)nc4)CC2)C3)no1. The van der Waals surface area contributed by atoms with Gasteiger partial charge in [-0.3, -0.25) is 9.59 Å². The van der Waals surface area contributed by atoms with E-state index in [0.717, 1.165) is 89.2 Å². The van der Waals surface area contributed by atoms with Gasteiger partial charge in [0.05, 0.1) is 17.5 Å². The van der Waals surface area contributed by atoms with Gasteiger partial charge >= 0.3 is 0 Å². The van der Waals surface area contributed by atoms with Crippen molar-refractivity contribution in [2.24, 2.45) is 11.3 Å². The predicted octanol–water partition coefficient (Wildman–Crippen LogP) is 7.25. The number of nitrogens with zero attached hydrogens (tertiary/aromatic N) is 9. The number of hydrogen-bond donors (Lipinski definition) is 4. The summed E-state index contributed by atoms with van der Waals surface area (Å²) >= 11 is 0. The second-order valence-electron chi connectivity index (χ2n) is 22.3. The van der Waals surface area contributed by atoms with Crippen LogP contribution < -0.4 is 30.6 Å². The van der Waals surface area contributed by atoms with Crippen LogP contribution in [-0.2, 0) is 9.59 Å². The van der Waals surface area contributed by atoms with Crippen LogP contribution in [0.2, 0.25) is 0 Å². The first-order valence-electron chi connectivity index (χ1n) is 26.8. The monoisotopic (exact) mass is 1030 g/mol. The van der Waals surface area contributed by atoms with Crippen LogP contribution in [0.3, 0.4) is 0 Å². The predicted molar refractivity (Wildman–Crippen MR) is 281 cm³/mol. The van der Waals surface area contributed by atoms with Gasteiger partial charge in [-0.25, -0.2) is 14.4 Å². The molecule has 3 aromatic heterocycles. The molecule has 5 N–H and O–H groups in total. The van der Waals surface area contributed by atoms with Crippen LogP contribution in [0.15, 0.2) is 102 Å². The van der Waals surface area contributed by atoms with Crippen LogP contribution in [0, 0.1) is 17.2 Å². The minimum atomic E-state index is -0.973. The number of benzene rings is 3. The average Bonchev–Trinajstić information content (AvgIpc) is 4.15. The molecule has 6 fully saturated rings. The lowest BCUT2D eigenvalue weighted by molar-refractivity contribution is -0.143. The number of anilines is 3. The highest BCUT2D eigenvalue weighted by atomic mass is 19.1. The number of rotatable bonds is 14. The molecular weight excluding hydrogens is 970 g/mol. The lowest BCUT2D eigenvalue weighted by Crippen LogP contribution is -2.59. The second-order valence-corrected chi connectivity index (χ2v) is 22.3. The Kier molecular flexibility index (Phi) is 13.2. The number of nitrogens with two attached hydrogens (primary N) is 1. The van der Waals surface area contributed by atoms with Crippen molar-refractivity contribution < 1.29 is 38.3 Å². The van der Waals surface area contributed by atoms with E-state index in [9.17, 15) is 24.2 Å². The summed E-state index contributed by atoms with van der Waals surface area (Å²) in [6.07, 6.45) is 11.7. The number of carbonyl (C=O) groups is 2. The summed E-state index contributed by atoms with van der Waals surface area (Å²) < 4.78 is 26.4.